The summed E-state index contributed by atoms with van der Waals surface area (Å²) < 4.78 is 0. The van der Waals surface area contributed by atoms with Crippen LogP contribution in [0.4, 0.5) is 0 Å². The van der Waals surface area contributed by atoms with Crippen LogP contribution in [0, 0.1) is 29.6 Å². The average molecular weight is 346 g/mol. The minimum absolute atomic E-state index is 0. The van der Waals surface area contributed by atoms with Gasteiger partial charge in [0.1, 0.15) is 11.1 Å². The third-order valence-electron chi connectivity index (χ3n) is 8.74. The first-order valence-electron chi connectivity index (χ1n) is 9.89. The van der Waals surface area contributed by atoms with Crippen molar-refractivity contribution in [1.82, 2.24) is 0 Å². The molecule has 7 rings (SSSR count). The fraction of sp³-hybridized carbons (Fsp3) is 0.714. The van der Waals surface area contributed by atoms with Crippen molar-refractivity contribution < 1.29 is 22.4 Å². The van der Waals surface area contributed by atoms with E-state index in [1.165, 1.54) is 57.2 Å². The van der Waals surface area contributed by atoms with E-state index in [2.05, 4.69) is 30.3 Å². The Kier molecular flexibility index (Phi) is 3.26. The second-order valence-electron chi connectivity index (χ2n) is 9.19. The molecule has 0 spiro atoms. The molecule has 1 aromatic carbocycles. The molecule has 130 valence electrons. The Morgan fingerprint density at radius 2 is 1.62 bits per heavy atom. The Morgan fingerprint density at radius 1 is 1.00 bits per heavy atom. The monoisotopic (exact) mass is 345 g/mol. The molecule has 2 saturated heterocycles. The lowest BCUT2D eigenvalue weighted by molar-refractivity contribution is -0.936. The standard InChI is InChI=1S/C21H27NO.ClH/c23-21(15-6-2-1-3-7-15,19-14-12-16-17(13-14)18(16)19)20-8-4-10-22(20)11-5-9-20;/h1-3,6-7,14,16-19,23H,4-5,8-13H2;1H/t14?,16-,17+,18?,19-,21+;/m0./s1. The molecule has 0 aromatic heterocycles. The summed E-state index contributed by atoms with van der Waals surface area (Å²) >= 11 is 0. The highest BCUT2D eigenvalue weighted by atomic mass is 35.5. The van der Waals surface area contributed by atoms with Gasteiger partial charge in [-0.2, -0.15) is 0 Å². The van der Waals surface area contributed by atoms with E-state index < -0.39 is 5.60 Å². The normalized spacial score (nSPS) is 49.5. The maximum Gasteiger partial charge on any atom is 0.147 e. The number of quaternary nitrogens is 1. The Hall–Kier alpha value is -0.570. The van der Waals surface area contributed by atoms with Crippen LogP contribution in [0.3, 0.4) is 0 Å². The van der Waals surface area contributed by atoms with Crippen molar-refractivity contribution in [3.05, 3.63) is 35.9 Å². The minimum Gasteiger partial charge on any atom is -1.00 e. The third-order valence-corrected chi connectivity index (χ3v) is 8.74. The molecule has 2 aliphatic heterocycles. The van der Waals surface area contributed by atoms with Crippen LogP contribution in [0.1, 0.15) is 44.1 Å². The predicted octanol–water partition coefficient (Wildman–Crippen LogP) is -1.01. The van der Waals surface area contributed by atoms with E-state index >= 15 is 0 Å². The lowest BCUT2D eigenvalue weighted by atomic mass is 9.63. The predicted molar refractivity (Wildman–Crippen MR) is 88.9 cm³/mol. The molecule has 3 heteroatoms. The summed E-state index contributed by atoms with van der Waals surface area (Å²) in [5.74, 6) is 4.15. The number of hydrogen-bond donors (Lipinski definition) is 2. The van der Waals surface area contributed by atoms with Gasteiger partial charge in [-0.15, -0.1) is 0 Å². The summed E-state index contributed by atoms with van der Waals surface area (Å²) in [5, 5.41) is 12.5. The smallest absolute Gasteiger partial charge is 0.147 e. The Labute approximate surface area is 151 Å². The van der Waals surface area contributed by atoms with Crippen molar-refractivity contribution in [3.8, 4) is 0 Å². The average Bonchev–Trinajstić information content (AvgIpc) is 3.19. The summed E-state index contributed by atoms with van der Waals surface area (Å²) in [6, 6.07) is 10.9. The van der Waals surface area contributed by atoms with Crippen LogP contribution in [0.15, 0.2) is 30.3 Å². The Bertz CT molecular complexity index is 624. The maximum absolute atomic E-state index is 12.5. The molecule has 4 saturated carbocycles. The van der Waals surface area contributed by atoms with E-state index in [9.17, 15) is 5.11 Å². The number of halogens is 1. The largest absolute Gasteiger partial charge is 1.00 e. The molecule has 6 atom stereocenters. The topological polar surface area (TPSA) is 24.7 Å². The molecule has 24 heavy (non-hydrogen) atoms. The van der Waals surface area contributed by atoms with Gasteiger partial charge in [-0.3, -0.25) is 0 Å². The van der Waals surface area contributed by atoms with Gasteiger partial charge in [0.15, 0.2) is 0 Å². The van der Waals surface area contributed by atoms with Gasteiger partial charge in [-0.1, -0.05) is 30.3 Å². The fourth-order valence-corrected chi connectivity index (χ4v) is 8.11. The van der Waals surface area contributed by atoms with Crippen molar-refractivity contribution in [2.45, 2.75) is 49.7 Å². The molecule has 0 radical (unpaired) electrons. The van der Waals surface area contributed by atoms with Gasteiger partial charge in [0.05, 0.1) is 13.1 Å². The number of aliphatic hydroxyl groups is 1. The first kappa shape index (κ1) is 15.7. The van der Waals surface area contributed by atoms with E-state index in [1.54, 1.807) is 4.90 Å². The van der Waals surface area contributed by atoms with Crippen molar-refractivity contribution in [1.29, 1.82) is 0 Å². The number of hydrogen-bond acceptors (Lipinski definition) is 1. The molecule has 6 aliphatic rings. The lowest BCUT2D eigenvalue weighted by Gasteiger charge is -2.49. The van der Waals surface area contributed by atoms with Crippen LogP contribution in [0.2, 0.25) is 0 Å². The van der Waals surface area contributed by atoms with Crippen LogP contribution in [0.5, 0.6) is 0 Å². The Balaban J connectivity index is 0.00000131. The molecular formula is C21H28ClNO. The first-order valence-corrected chi connectivity index (χ1v) is 9.89. The molecule has 0 amide bonds. The summed E-state index contributed by atoms with van der Waals surface area (Å²) in [5.41, 5.74) is 0.778. The highest BCUT2D eigenvalue weighted by molar-refractivity contribution is 5.34. The quantitative estimate of drug-likeness (QED) is 0.721. The lowest BCUT2D eigenvalue weighted by Crippen LogP contribution is -3.18. The van der Waals surface area contributed by atoms with E-state index in [0.29, 0.717) is 5.92 Å². The zero-order chi connectivity index (χ0) is 15.2. The second kappa shape index (κ2) is 4.99. The zero-order valence-electron chi connectivity index (χ0n) is 14.3. The molecule has 4 aliphatic carbocycles. The highest BCUT2D eigenvalue weighted by Gasteiger charge is 2.77. The second-order valence-corrected chi connectivity index (χ2v) is 9.19. The molecular weight excluding hydrogens is 318 g/mol. The molecule has 2 N–H and O–H groups in total. The zero-order valence-corrected chi connectivity index (χ0v) is 15.0. The molecule has 4 bridgehead atoms. The fourth-order valence-electron chi connectivity index (χ4n) is 8.11. The van der Waals surface area contributed by atoms with Crippen LogP contribution in [-0.2, 0) is 5.60 Å². The number of fused-ring (bicyclic) bond motifs is 1. The highest BCUT2D eigenvalue weighted by Crippen LogP contribution is 2.77. The van der Waals surface area contributed by atoms with Gasteiger partial charge in [-0.25, -0.2) is 0 Å². The number of benzene rings is 1. The van der Waals surface area contributed by atoms with Crippen molar-refractivity contribution >= 4 is 0 Å². The Morgan fingerprint density at radius 3 is 2.17 bits per heavy atom. The van der Waals surface area contributed by atoms with Crippen molar-refractivity contribution in [3.63, 3.8) is 0 Å². The van der Waals surface area contributed by atoms with E-state index in [-0.39, 0.29) is 17.9 Å². The number of nitrogens with one attached hydrogen (secondary N) is 1. The van der Waals surface area contributed by atoms with Crippen LogP contribution >= 0.6 is 0 Å². The van der Waals surface area contributed by atoms with Gasteiger partial charge < -0.3 is 22.4 Å². The van der Waals surface area contributed by atoms with Gasteiger partial charge in [-0.05, 0) is 42.1 Å². The SMILES string of the molecule is O[C@](c1ccccc1)([C@H]1C2C[C@@H]3C1[C@@H]3C2)C12CCC[NH+]1CCC2.[Cl-]. The number of rotatable bonds is 3. The van der Waals surface area contributed by atoms with E-state index in [1.807, 2.05) is 0 Å². The molecule has 2 heterocycles. The first-order chi connectivity index (χ1) is 11.3. The third kappa shape index (κ3) is 1.61. The maximum atomic E-state index is 12.5. The van der Waals surface area contributed by atoms with E-state index in [4.69, 9.17) is 0 Å². The molecule has 6 fully saturated rings. The van der Waals surface area contributed by atoms with Gasteiger partial charge >= 0.3 is 0 Å². The van der Waals surface area contributed by atoms with Crippen molar-refractivity contribution in [2.24, 2.45) is 29.6 Å². The molecule has 1 aromatic rings. The van der Waals surface area contributed by atoms with Gasteiger partial charge in [0, 0.05) is 31.6 Å². The minimum atomic E-state index is -0.577. The summed E-state index contributed by atoms with van der Waals surface area (Å²) in [6.45, 7) is 2.56. The summed E-state index contributed by atoms with van der Waals surface area (Å²) in [4.78, 5) is 1.73. The summed E-state index contributed by atoms with van der Waals surface area (Å²) in [7, 11) is 0. The van der Waals surface area contributed by atoms with Crippen LogP contribution in [0.25, 0.3) is 0 Å². The molecule has 2 unspecified atom stereocenters. The summed E-state index contributed by atoms with van der Waals surface area (Å²) in [6.07, 6.45) is 7.91. The molecule has 2 nitrogen and oxygen atoms in total. The van der Waals surface area contributed by atoms with Crippen LogP contribution in [-0.4, -0.2) is 23.7 Å². The van der Waals surface area contributed by atoms with E-state index in [0.717, 1.165) is 23.7 Å². The van der Waals surface area contributed by atoms with Crippen molar-refractivity contribution in [2.75, 3.05) is 13.1 Å². The van der Waals surface area contributed by atoms with Gasteiger partial charge in [0.2, 0.25) is 0 Å². The van der Waals surface area contributed by atoms with Crippen LogP contribution < -0.4 is 17.3 Å². The van der Waals surface area contributed by atoms with Gasteiger partial charge in [0.25, 0.3) is 0 Å².